The number of benzene rings is 2. The SMILES string of the molecule is CCN(CC)S(=O)(=O)c1cc(NC(=O)c2cccc(C)c2C)ccc1Cl. The lowest BCUT2D eigenvalue weighted by atomic mass is 10.0. The van der Waals surface area contributed by atoms with Crippen molar-refractivity contribution in [2.75, 3.05) is 18.4 Å². The van der Waals surface area contributed by atoms with Crippen LogP contribution in [0.4, 0.5) is 5.69 Å². The van der Waals surface area contributed by atoms with Crippen molar-refractivity contribution >= 4 is 33.2 Å². The lowest BCUT2D eigenvalue weighted by Crippen LogP contribution is -2.30. The highest BCUT2D eigenvalue weighted by Gasteiger charge is 2.25. The largest absolute Gasteiger partial charge is 0.322 e. The summed E-state index contributed by atoms with van der Waals surface area (Å²) in [6, 6.07) is 9.96. The van der Waals surface area contributed by atoms with Crippen molar-refractivity contribution in [3.63, 3.8) is 0 Å². The first-order valence-electron chi connectivity index (χ1n) is 8.39. The molecule has 0 aliphatic heterocycles. The number of hydrogen-bond acceptors (Lipinski definition) is 3. The van der Waals surface area contributed by atoms with Crippen LogP contribution < -0.4 is 5.32 Å². The van der Waals surface area contributed by atoms with E-state index in [1.807, 2.05) is 26.0 Å². The van der Waals surface area contributed by atoms with Gasteiger partial charge in [0.15, 0.2) is 0 Å². The number of carbonyl (C=O) groups excluding carboxylic acids is 1. The van der Waals surface area contributed by atoms with E-state index in [-0.39, 0.29) is 15.8 Å². The van der Waals surface area contributed by atoms with Gasteiger partial charge in [0.05, 0.1) is 5.02 Å². The number of amides is 1. The first-order chi connectivity index (χ1) is 12.2. The molecule has 7 heteroatoms. The Hall–Kier alpha value is -1.89. The molecule has 0 fully saturated rings. The van der Waals surface area contributed by atoms with Gasteiger partial charge in [-0.05, 0) is 49.2 Å². The van der Waals surface area contributed by atoms with Crippen LogP contribution >= 0.6 is 11.6 Å². The summed E-state index contributed by atoms with van der Waals surface area (Å²) in [7, 11) is -3.72. The monoisotopic (exact) mass is 394 g/mol. The van der Waals surface area contributed by atoms with Crippen molar-refractivity contribution in [3.8, 4) is 0 Å². The predicted octanol–water partition coefficient (Wildman–Crippen LogP) is 4.24. The molecular formula is C19H23ClN2O3S. The van der Waals surface area contributed by atoms with E-state index in [9.17, 15) is 13.2 Å². The van der Waals surface area contributed by atoms with Crippen LogP contribution in [0.1, 0.15) is 35.3 Å². The Kier molecular flexibility index (Phi) is 6.44. The lowest BCUT2D eigenvalue weighted by Gasteiger charge is -2.20. The Balaban J connectivity index is 2.38. The molecule has 2 aromatic rings. The molecule has 2 aromatic carbocycles. The number of anilines is 1. The summed E-state index contributed by atoms with van der Waals surface area (Å²) >= 11 is 6.12. The molecule has 2 rings (SSSR count). The van der Waals surface area contributed by atoms with Crippen molar-refractivity contribution in [1.82, 2.24) is 4.31 Å². The predicted molar refractivity (Wildman–Crippen MR) is 105 cm³/mol. The number of aryl methyl sites for hydroxylation is 1. The molecule has 0 aromatic heterocycles. The average Bonchev–Trinajstić information content (AvgIpc) is 2.59. The van der Waals surface area contributed by atoms with Gasteiger partial charge in [0.25, 0.3) is 5.91 Å². The smallest absolute Gasteiger partial charge is 0.255 e. The molecule has 0 aliphatic carbocycles. The highest BCUT2D eigenvalue weighted by Crippen LogP contribution is 2.28. The van der Waals surface area contributed by atoms with Gasteiger partial charge in [-0.15, -0.1) is 0 Å². The van der Waals surface area contributed by atoms with E-state index in [2.05, 4.69) is 5.32 Å². The molecule has 0 atom stereocenters. The van der Waals surface area contributed by atoms with Gasteiger partial charge in [-0.25, -0.2) is 8.42 Å². The Labute approximate surface area is 160 Å². The van der Waals surface area contributed by atoms with Crippen molar-refractivity contribution in [3.05, 3.63) is 58.1 Å². The highest BCUT2D eigenvalue weighted by atomic mass is 35.5. The van der Waals surface area contributed by atoms with Crippen LogP contribution in [0.5, 0.6) is 0 Å². The second-order valence-electron chi connectivity index (χ2n) is 5.94. The van der Waals surface area contributed by atoms with Crippen LogP contribution in [0, 0.1) is 13.8 Å². The van der Waals surface area contributed by atoms with E-state index in [4.69, 9.17) is 11.6 Å². The molecule has 0 bridgehead atoms. The Bertz CT molecular complexity index is 922. The molecule has 0 radical (unpaired) electrons. The second kappa shape index (κ2) is 8.20. The summed E-state index contributed by atoms with van der Waals surface area (Å²) in [6.45, 7) is 8.02. The molecule has 0 aliphatic rings. The minimum Gasteiger partial charge on any atom is -0.322 e. The van der Waals surface area contributed by atoms with Gasteiger partial charge >= 0.3 is 0 Å². The minimum atomic E-state index is -3.72. The van der Waals surface area contributed by atoms with Gasteiger partial charge in [0, 0.05) is 24.3 Å². The normalized spacial score (nSPS) is 11.6. The zero-order valence-corrected chi connectivity index (χ0v) is 16.9. The number of rotatable bonds is 6. The van der Waals surface area contributed by atoms with Gasteiger partial charge in [-0.1, -0.05) is 37.6 Å². The third-order valence-corrected chi connectivity index (χ3v) is 6.89. The minimum absolute atomic E-state index is 0.0124. The fourth-order valence-electron chi connectivity index (χ4n) is 2.68. The van der Waals surface area contributed by atoms with Gasteiger partial charge in [-0.3, -0.25) is 4.79 Å². The highest BCUT2D eigenvalue weighted by molar-refractivity contribution is 7.89. The van der Waals surface area contributed by atoms with Crippen LogP contribution in [-0.2, 0) is 10.0 Å². The van der Waals surface area contributed by atoms with E-state index >= 15 is 0 Å². The number of hydrogen-bond donors (Lipinski definition) is 1. The quantitative estimate of drug-likeness (QED) is 0.796. The summed E-state index contributed by atoms with van der Waals surface area (Å²) < 4.78 is 26.8. The zero-order chi connectivity index (χ0) is 19.5. The van der Waals surface area contributed by atoms with Crippen molar-refractivity contribution < 1.29 is 13.2 Å². The molecule has 0 saturated heterocycles. The Morgan fingerprint density at radius 3 is 2.38 bits per heavy atom. The third-order valence-electron chi connectivity index (χ3n) is 4.36. The Morgan fingerprint density at radius 2 is 1.77 bits per heavy atom. The summed E-state index contributed by atoms with van der Waals surface area (Å²) in [6.07, 6.45) is 0. The molecule has 5 nitrogen and oxygen atoms in total. The maximum absolute atomic E-state index is 12.8. The first kappa shape index (κ1) is 20.4. The molecular weight excluding hydrogens is 372 g/mol. The summed E-state index contributed by atoms with van der Waals surface area (Å²) in [5.41, 5.74) is 2.83. The van der Waals surface area contributed by atoms with E-state index < -0.39 is 10.0 Å². The number of sulfonamides is 1. The van der Waals surface area contributed by atoms with Crippen molar-refractivity contribution in [2.24, 2.45) is 0 Å². The standard InChI is InChI=1S/C19H23ClN2O3S/c1-5-22(6-2)26(24,25)18-12-15(10-11-17(18)20)21-19(23)16-9-7-8-13(3)14(16)4/h7-12H,5-6H2,1-4H3,(H,21,23). The molecule has 140 valence electrons. The molecule has 1 amide bonds. The van der Waals surface area contributed by atoms with E-state index in [0.29, 0.717) is 24.3 Å². The fourth-order valence-corrected chi connectivity index (χ4v) is 4.64. The van der Waals surface area contributed by atoms with E-state index in [1.54, 1.807) is 26.0 Å². The van der Waals surface area contributed by atoms with Gasteiger partial charge in [0.2, 0.25) is 10.0 Å². The van der Waals surface area contributed by atoms with Gasteiger partial charge < -0.3 is 5.32 Å². The van der Waals surface area contributed by atoms with Crippen LogP contribution in [-0.4, -0.2) is 31.7 Å². The third kappa shape index (κ3) is 4.09. The molecule has 0 heterocycles. The molecule has 0 spiro atoms. The van der Waals surface area contributed by atoms with Crippen LogP contribution in [0.25, 0.3) is 0 Å². The van der Waals surface area contributed by atoms with Crippen molar-refractivity contribution in [2.45, 2.75) is 32.6 Å². The summed E-state index contributed by atoms with van der Waals surface area (Å²) in [4.78, 5) is 12.6. The summed E-state index contributed by atoms with van der Waals surface area (Å²) in [5.74, 6) is -0.292. The number of nitrogens with zero attached hydrogens (tertiary/aromatic N) is 1. The summed E-state index contributed by atoms with van der Waals surface area (Å²) in [5, 5.41) is 2.89. The maximum atomic E-state index is 12.8. The maximum Gasteiger partial charge on any atom is 0.255 e. The lowest BCUT2D eigenvalue weighted by molar-refractivity contribution is 0.102. The van der Waals surface area contributed by atoms with Gasteiger partial charge in [0.1, 0.15) is 4.90 Å². The molecule has 0 unspecified atom stereocenters. The van der Waals surface area contributed by atoms with E-state index in [1.165, 1.54) is 16.4 Å². The van der Waals surface area contributed by atoms with Crippen LogP contribution in [0.3, 0.4) is 0 Å². The zero-order valence-electron chi connectivity index (χ0n) is 15.3. The van der Waals surface area contributed by atoms with Crippen LogP contribution in [0.15, 0.2) is 41.3 Å². The molecule has 1 N–H and O–H groups in total. The average molecular weight is 395 g/mol. The first-order valence-corrected chi connectivity index (χ1v) is 10.2. The van der Waals surface area contributed by atoms with E-state index in [0.717, 1.165) is 11.1 Å². The Morgan fingerprint density at radius 1 is 1.12 bits per heavy atom. The number of halogens is 1. The number of carbonyl (C=O) groups is 1. The number of nitrogens with one attached hydrogen (secondary N) is 1. The van der Waals surface area contributed by atoms with Gasteiger partial charge in [-0.2, -0.15) is 4.31 Å². The van der Waals surface area contributed by atoms with Crippen molar-refractivity contribution in [1.29, 1.82) is 0 Å². The topological polar surface area (TPSA) is 66.5 Å². The molecule has 26 heavy (non-hydrogen) atoms. The van der Waals surface area contributed by atoms with Crippen LogP contribution in [0.2, 0.25) is 5.02 Å². The fraction of sp³-hybridized carbons (Fsp3) is 0.316. The second-order valence-corrected chi connectivity index (χ2v) is 8.25. The molecule has 0 saturated carbocycles.